The summed E-state index contributed by atoms with van der Waals surface area (Å²) < 4.78 is 0. The molecule has 0 aromatic carbocycles. The molecular formula is C18H38N4O2. The zero-order valence-corrected chi connectivity index (χ0v) is 16.8. The fourth-order valence-corrected chi connectivity index (χ4v) is 3.07. The Morgan fingerprint density at radius 2 is 1.00 bits per heavy atom. The van der Waals surface area contributed by atoms with Crippen LogP contribution >= 0.6 is 0 Å². The lowest BCUT2D eigenvalue weighted by Gasteiger charge is -2.28. The van der Waals surface area contributed by atoms with Gasteiger partial charge in [-0.05, 0) is 47.7 Å². The van der Waals surface area contributed by atoms with Crippen LogP contribution in [0, 0.1) is 5.92 Å². The van der Waals surface area contributed by atoms with Gasteiger partial charge in [0.15, 0.2) is 0 Å². The Kier molecular flexibility index (Phi) is 11.7. The summed E-state index contributed by atoms with van der Waals surface area (Å²) in [6, 6.07) is 0. The zero-order valence-electron chi connectivity index (χ0n) is 16.8. The standard InChI is InChI=1S/C18H38N4O2/c1-8-21(9-2)17(23)14-19(6)12-16(5)13-20(7)15-18(24)22(10-3)11-4/h16H,8-15H2,1-7H3. The lowest BCUT2D eigenvalue weighted by Crippen LogP contribution is -2.43. The maximum atomic E-state index is 12.1. The minimum absolute atomic E-state index is 0.180. The first kappa shape index (κ1) is 22.9. The number of carbonyl (C=O) groups excluding carboxylic acids is 2. The van der Waals surface area contributed by atoms with Gasteiger partial charge in [-0.1, -0.05) is 6.92 Å². The monoisotopic (exact) mass is 342 g/mol. The van der Waals surface area contributed by atoms with Gasteiger partial charge in [-0.15, -0.1) is 0 Å². The molecule has 0 saturated heterocycles. The van der Waals surface area contributed by atoms with Gasteiger partial charge in [-0.2, -0.15) is 0 Å². The predicted molar refractivity (Wildman–Crippen MR) is 100 cm³/mol. The molecule has 0 fully saturated rings. The summed E-state index contributed by atoms with van der Waals surface area (Å²) in [5, 5.41) is 0. The largest absolute Gasteiger partial charge is 0.342 e. The van der Waals surface area contributed by atoms with Crippen LogP contribution in [0.15, 0.2) is 0 Å². The zero-order chi connectivity index (χ0) is 18.7. The lowest BCUT2D eigenvalue weighted by molar-refractivity contribution is -0.132. The molecule has 0 atom stereocenters. The summed E-state index contributed by atoms with van der Waals surface area (Å²) in [5.74, 6) is 0.758. The fraction of sp³-hybridized carbons (Fsp3) is 0.889. The van der Waals surface area contributed by atoms with E-state index in [1.165, 1.54) is 0 Å². The van der Waals surface area contributed by atoms with Gasteiger partial charge in [0.2, 0.25) is 11.8 Å². The van der Waals surface area contributed by atoms with Crippen LogP contribution in [0.2, 0.25) is 0 Å². The van der Waals surface area contributed by atoms with Crippen LogP contribution in [0.25, 0.3) is 0 Å². The van der Waals surface area contributed by atoms with Crippen molar-refractivity contribution in [1.82, 2.24) is 19.6 Å². The minimum Gasteiger partial charge on any atom is -0.342 e. The second kappa shape index (κ2) is 12.3. The Labute approximate surface area is 148 Å². The van der Waals surface area contributed by atoms with Gasteiger partial charge in [0.1, 0.15) is 0 Å². The predicted octanol–water partition coefficient (Wildman–Crippen LogP) is 1.22. The van der Waals surface area contributed by atoms with E-state index in [-0.39, 0.29) is 11.8 Å². The number of nitrogens with zero attached hydrogens (tertiary/aromatic N) is 4. The minimum atomic E-state index is 0.180. The smallest absolute Gasteiger partial charge is 0.236 e. The number of hydrogen-bond acceptors (Lipinski definition) is 4. The Hall–Kier alpha value is -1.14. The second-order valence-electron chi connectivity index (χ2n) is 6.63. The van der Waals surface area contributed by atoms with Crippen LogP contribution in [-0.2, 0) is 9.59 Å². The van der Waals surface area contributed by atoms with E-state index in [4.69, 9.17) is 0 Å². The summed E-state index contributed by atoms with van der Waals surface area (Å²) in [7, 11) is 3.97. The van der Waals surface area contributed by atoms with E-state index in [1.807, 2.05) is 51.6 Å². The highest BCUT2D eigenvalue weighted by molar-refractivity contribution is 5.78. The first-order valence-corrected chi connectivity index (χ1v) is 9.21. The highest BCUT2D eigenvalue weighted by Crippen LogP contribution is 2.03. The van der Waals surface area contributed by atoms with Gasteiger partial charge in [-0.3, -0.25) is 19.4 Å². The molecule has 6 nitrogen and oxygen atoms in total. The van der Waals surface area contributed by atoms with Crippen molar-refractivity contribution in [1.29, 1.82) is 0 Å². The van der Waals surface area contributed by atoms with Crippen LogP contribution in [0.1, 0.15) is 34.6 Å². The topological polar surface area (TPSA) is 47.1 Å². The van der Waals surface area contributed by atoms with E-state index < -0.39 is 0 Å². The molecule has 0 aliphatic rings. The third-order valence-corrected chi connectivity index (χ3v) is 4.29. The summed E-state index contributed by atoms with van der Waals surface area (Å²) in [4.78, 5) is 32.1. The van der Waals surface area contributed by atoms with Crippen molar-refractivity contribution in [3.05, 3.63) is 0 Å². The molecule has 0 rings (SSSR count). The number of amides is 2. The van der Waals surface area contributed by atoms with E-state index in [1.54, 1.807) is 0 Å². The Morgan fingerprint density at radius 1 is 0.708 bits per heavy atom. The van der Waals surface area contributed by atoms with Crippen molar-refractivity contribution in [3.8, 4) is 0 Å². The molecule has 0 aromatic rings. The third-order valence-electron chi connectivity index (χ3n) is 4.29. The Bertz CT molecular complexity index is 334. The van der Waals surface area contributed by atoms with Crippen molar-refractivity contribution in [2.24, 2.45) is 5.92 Å². The SMILES string of the molecule is CCN(CC)C(=O)CN(C)CC(C)CN(C)CC(=O)N(CC)CC. The average molecular weight is 343 g/mol. The molecule has 0 radical (unpaired) electrons. The molecule has 0 N–H and O–H groups in total. The van der Waals surface area contributed by atoms with Gasteiger partial charge < -0.3 is 9.80 Å². The molecule has 0 heterocycles. The molecule has 0 saturated carbocycles. The highest BCUT2D eigenvalue weighted by Gasteiger charge is 2.17. The maximum Gasteiger partial charge on any atom is 0.236 e. The van der Waals surface area contributed by atoms with Crippen LogP contribution in [0.4, 0.5) is 0 Å². The molecule has 24 heavy (non-hydrogen) atoms. The van der Waals surface area contributed by atoms with Crippen LogP contribution in [-0.4, -0.2) is 97.9 Å². The quantitative estimate of drug-likeness (QED) is 0.535. The molecule has 0 bridgehead atoms. The average Bonchev–Trinajstić information content (AvgIpc) is 2.48. The molecular weight excluding hydrogens is 304 g/mol. The molecule has 142 valence electrons. The van der Waals surface area contributed by atoms with Gasteiger partial charge in [0, 0.05) is 39.3 Å². The number of hydrogen-bond donors (Lipinski definition) is 0. The van der Waals surface area contributed by atoms with E-state index in [2.05, 4.69) is 16.7 Å². The van der Waals surface area contributed by atoms with Crippen molar-refractivity contribution < 1.29 is 9.59 Å². The molecule has 0 spiro atoms. The van der Waals surface area contributed by atoms with E-state index >= 15 is 0 Å². The van der Waals surface area contributed by atoms with Gasteiger partial charge in [0.05, 0.1) is 13.1 Å². The summed E-state index contributed by atoms with van der Waals surface area (Å²) in [5.41, 5.74) is 0. The molecule has 2 amide bonds. The molecule has 0 aliphatic heterocycles. The molecule has 0 aliphatic carbocycles. The van der Waals surface area contributed by atoms with Crippen molar-refractivity contribution >= 4 is 11.8 Å². The number of likely N-dealkylation sites (N-methyl/N-ethyl adjacent to an activating group) is 4. The highest BCUT2D eigenvalue weighted by atomic mass is 16.2. The second-order valence-corrected chi connectivity index (χ2v) is 6.63. The van der Waals surface area contributed by atoms with Crippen molar-refractivity contribution in [2.45, 2.75) is 34.6 Å². The van der Waals surface area contributed by atoms with Crippen molar-refractivity contribution in [3.63, 3.8) is 0 Å². The summed E-state index contributed by atoms with van der Waals surface area (Å²) in [6.45, 7) is 15.8. The summed E-state index contributed by atoms with van der Waals surface area (Å²) >= 11 is 0. The molecule has 0 unspecified atom stereocenters. The van der Waals surface area contributed by atoms with Crippen LogP contribution in [0.3, 0.4) is 0 Å². The van der Waals surface area contributed by atoms with Gasteiger partial charge in [-0.25, -0.2) is 0 Å². The first-order valence-electron chi connectivity index (χ1n) is 9.21. The van der Waals surface area contributed by atoms with Crippen LogP contribution in [0.5, 0.6) is 0 Å². The van der Waals surface area contributed by atoms with E-state index in [9.17, 15) is 9.59 Å². The Balaban J connectivity index is 4.25. The molecule has 0 aromatic heterocycles. The normalized spacial score (nSPS) is 11.4. The molecule has 6 heteroatoms. The number of rotatable bonds is 12. The number of carbonyl (C=O) groups is 2. The van der Waals surface area contributed by atoms with Gasteiger partial charge >= 0.3 is 0 Å². The Morgan fingerprint density at radius 3 is 1.25 bits per heavy atom. The summed E-state index contributed by atoms with van der Waals surface area (Å²) in [6.07, 6.45) is 0. The fourth-order valence-electron chi connectivity index (χ4n) is 3.07. The van der Waals surface area contributed by atoms with Gasteiger partial charge in [0.25, 0.3) is 0 Å². The first-order chi connectivity index (χ1) is 11.3. The van der Waals surface area contributed by atoms with E-state index in [0.29, 0.717) is 19.0 Å². The maximum absolute atomic E-state index is 12.1. The van der Waals surface area contributed by atoms with E-state index in [0.717, 1.165) is 39.3 Å². The third kappa shape index (κ3) is 8.64. The lowest BCUT2D eigenvalue weighted by atomic mass is 10.1. The van der Waals surface area contributed by atoms with Crippen LogP contribution < -0.4 is 0 Å². The van der Waals surface area contributed by atoms with Crippen molar-refractivity contribution in [2.75, 3.05) is 66.5 Å².